The first-order valence-electron chi connectivity index (χ1n) is 10.2. The predicted molar refractivity (Wildman–Crippen MR) is 114 cm³/mol. The van der Waals surface area contributed by atoms with Crippen LogP contribution < -0.4 is 10.0 Å². The molecule has 0 saturated carbocycles. The molecule has 3 atom stereocenters. The second kappa shape index (κ2) is 10.3. The molecular weight excluding hydrogens is 423 g/mol. The third-order valence-electron chi connectivity index (χ3n) is 5.29. The standard InChI is InChI=1S/C22H27FN2O5S/c1-15-5-8-19(9-6-15)31(28,29)24-12-11-18-7-10-20(21(14-26)30-18)25-22(27)16-3-2-4-17(23)13-16/h2-6,8-9,13,18,20-21,24,26H,7,10-12,14H2,1H3,(H,25,27)/t18-,20-,21-/m0/s1. The van der Waals surface area contributed by atoms with Crippen molar-refractivity contribution in [1.29, 1.82) is 0 Å². The van der Waals surface area contributed by atoms with Gasteiger partial charge in [-0.1, -0.05) is 23.8 Å². The Labute approximate surface area is 181 Å². The molecule has 1 aliphatic rings. The van der Waals surface area contributed by atoms with Gasteiger partial charge in [0.2, 0.25) is 10.0 Å². The van der Waals surface area contributed by atoms with Crippen molar-refractivity contribution in [2.24, 2.45) is 0 Å². The number of hydrogen-bond acceptors (Lipinski definition) is 5. The molecule has 1 heterocycles. The van der Waals surface area contributed by atoms with Crippen LogP contribution in [0.2, 0.25) is 0 Å². The summed E-state index contributed by atoms with van der Waals surface area (Å²) in [6, 6.07) is 11.6. The van der Waals surface area contributed by atoms with Gasteiger partial charge >= 0.3 is 0 Å². The number of aliphatic hydroxyl groups is 1. The number of hydrogen-bond donors (Lipinski definition) is 3. The summed E-state index contributed by atoms with van der Waals surface area (Å²) < 4.78 is 46.5. The lowest BCUT2D eigenvalue weighted by Crippen LogP contribution is -2.51. The summed E-state index contributed by atoms with van der Waals surface area (Å²) in [6.07, 6.45) is 0.718. The van der Waals surface area contributed by atoms with E-state index in [1.54, 1.807) is 24.3 Å². The average Bonchev–Trinajstić information content (AvgIpc) is 2.74. The molecule has 1 saturated heterocycles. The fraction of sp³-hybridized carbons (Fsp3) is 0.409. The van der Waals surface area contributed by atoms with E-state index in [-0.39, 0.29) is 29.7 Å². The molecule has 0 spiro atoms. The number of amides is 1. The Morgan fingerprint density at radius 1 is 1.19 bits per heavy atom. The fourth-order valence-electron chi connectivity index (χ4n) is 3.55. The molecule has 3 N–H and O–H groups in total. The number of ether oxygens (including phenoxy) is 1. The molecule has 0 aliphatic carbocycles. The van der Waals surface area contributed by atoms with Gasteiger partial charge in [-0.15, -0.1) is 0 Å². The van der Waals surface area contributed by atoms with E-state index in [4.69, 9.17) is 4.74 Å². The molecule has 0 radical (unpaired) electrons. The Bertz CT molecular complexity index is 997. The van der Waals surface area contributed by atoms with E-state index in [1.807, 2.05) is 6.92 Å². The first kappa shape index (κ1) is 23.3. The first-order valence-corrected chi connectivity index (χ1v) is 11.7. The van der Waals surface area contributed by atoms with Crippen LogP contribution in [0.3, 0.4) is 0 Å². The number of aliphatic hydroxyl groups excluding tert-OH is 1. The van der Waals surface area contributed by atoms with Gasteiger partial charge in [-0.05, 0) is 56.5 Å². The lowest BCUT2D eigenvalue weighted by molar-refractivity contribution is -0.0891. The number of halogens is 1. The highest BCUT2D eigenvalue weighted by Gasteiger charge is 2.32. The minimum Gasteiger partial charge on any atom is -0.394 e. The van der Waals surface area contributed by atoms with E-state index >= 15 is 0 Å². The van der Waals surface area contributed by atoms with E-state index in [9.17, 15) is 22.7 Å². The number of aryl methyl sites for hydroxylation is 1. The van der Waals surface area contributed by atoms with Crippen LogP contribution in [0, 0.1) is 12.7 Å². The maximum Gasteiger partial charge on any atom is 0.251 e. The number of carbonyl (C=O) groups is 1. The van der Waals surface area contributed by atoms with Crippen molar-refractivity contribution >= 4 is 15.9 Å². The van der Waals surface area contributed by atoms with Crippen LogP contribution in [-0.2, 0) is 14.8 Å². The molecule has 7 nitrogen and oxygen atoms in total. The van der Waals surface area contributed by atoms with Crippen molar-refractivity contribution in [1.82, 2.24) is 10.0 Å². The zero-order valence-electron chi connectivity index (χ0n) is 17.3. The highest BCUT2D eigenvalue weighted by atomic mass is 32.2. The van der Waals surface area contributed by atoms with Crippen LogP contribution >= 0.6 is 0 Å². The second-order valence-electron chi connectivity index (χ2n) is 7.65. The highest BCUT2D eigenvalue weighted by Crippen LogP contribution is 2.22. The molecule has 2 aromatic rings. The highest BCUT2D eigenvalue weighted by molar-refractivity contribution is 7.89. The van der Waals surface area contributed by atoms with E-state index < -0.39 is 33.9 Å². The summed E-state index contributed by atoms with van der Waals surface area (Å²) >= 11 is 0. The molecule has 9 heteroatoms. The van der Waals surface area contributed by atoms with Crippen LogP contribution in [-0.4, -0.2) is 50.8 Å². The van der Waals surface area contributed by atoms with Crippen LogP contribution in [0.5, 0.6) is 0 Å². The summed E-state index contributed by atoms with van der Waals surface area (Å²) in [4.78, 5) is 12.6. The number of nitrogens with one attached hydrogen (secondary N) is 2. The van der Waals surface area contributed by atoms with Gasteiger partial charge in [-0.3, -0.25) is 4.79 Å². The minimum atomic E-state index is -3.60. The molecule has 1 amide bonds. The van der Waals surface area contributed by atoms with Gasteiger partial charge in [0.25, 0.3) is 5.91 Å². The largest absolute Gasteiger partial charge is 0.394 e. The zero-order chi connectivity index (χ0) is 22.4. The molecule has 2 aromatic carbocycles. The summed E-state index contributed by atoms with van der Waals surface area (Å²) in [7, 11) is -3.60. The number of rotatable bonds is 8. The van der Waals surface area contributed by atoms with Gasteiger partial charge in [-0.2, -0.15) is 0 Å². The molecule has 1 fully saturated rings. The molecule has 1 aliphatic heterocycles. The Morgan fingerprint density at radius 2 is 1.94 bits per heavy atom. The third kappa shape index (κ3) is 6.33. The summed E-state index contributed by atoms with van der Waals surface area (Å²) in [5.41, 5.74) is 1.17. The SMILES string of the molecule is Cc1ccc(S(=O)(=O)NCC[C@@H]2CC[C@H](NC(=O)c3cccc(F)c3)[C@H](CO)O2)cc1. The van der Waals surface area contributed by atoms with Crippen molar-refractivity contribution < 1.29 is 27.4 Å². The van der Waals surface area contributed by atoms with Gasteiger partial charge in [0.15, 0.2) is 0 Å². The van der Waals surface area contributed by atoms with E-state index in [2.05, 4.69) is 10.0 Å². The van der Waals surface area contributed by atoms with Gasteiger partial charge in [0, 0.05) is 12.1 Å². The Kier molecular flexibility index (Phi) is 7.77. The van der Waals surface area contributed by atoms with Crippen molar-refractivity contribution in [3.63, 3.8) is 0 Å². The second-order valence-corrected chi connectivity index (χ2v) is 9.41. The topological polar surface area (TPSA) is 105 Å². The zero-order valence-corrected chi connectivity index (χ0v) is 18.1. The molecule has 0 bridgehead atoms. The Balaban J connectivity index is 1.50. The number of carbonyl (C=O) groups excluding carboxylic acids is 1. The van der Waals surface area contributed by atoms with E-state index in [0.29, 0.717) is 19.3 Å². The van der Waals surface area contributed by atoms with Crippen LogP contribution in [0.25, 0.3) is 0 Å². The summed E-state index contributed by atoms with van der Waals surface area (Å²) in [6.45, 7) is 1.79. The van der Waals surface area contributed by atoms with Crippen molar-refractivity contribution in [3.05, 3.63) is 65.5 Å². The quantitative estimate of drug-likeness (QED) is 0.572. The smallest absolute Gasteiger partial charge is 0.251 e. The Morgan fingerprint density at radius 3 is 2.61 bits per heavy atom. The fourth-order valence-corrected chi connectivity index (χ4v) is 4.59. The van der Waals surface area contributed by atoms with Crippen LogP contribution in [0.4, 0.5) is 4.39 Å². The van der Waals surface area contributed by atoms with Crippen LogP contribution in [0.1, 0.15) is 35.2 Å². The molecule has 0 aromatic heterocycles. The van der Waals surface area contributed by atoms with E-state index in [1.165, 1.54) is 18.2 Å². The van der Waals surface area contributed by atoms with Crippen molar-refractivity contribution in [3.8, 4) is 0 Å². The molecule has 168 valence electrons. The molecule has 3 rings (SSSR count). The van der Waals surface area contributed by atoms with Crippen LogP contribution in [0.15, 0.2) is 53.4 Å². The third-order valence-corrected chi connectivity index (χ3v) is 6.77. The molecule has 0 unspecified atom stereocenters. The molecular formula is C22H27FN2O5S. The maximum absolute atomic E-state index is 13.3. The van der Waals surface area contributed by atoms with Crippen molar-refractivity contribution in [2.45, 2.75) is 49.3 Å². The van der Waals surface area contributed by atoms with Gasteiger partial charge in [-0.25, -0.2) is 17.5 Å². The first-order chi connectivity index (χ1) is 14.8. The lowest BCUT2D eigenvalue weighted by Gasteiger charge is -2.36. The Hall–Kier alpha value is -2.33. The lowest BCUT2D eigenvalue weighted by atomic mass is 9.97. The average molecular weight is 451 g/mol. The van der Waals surface area contributed by atoms with Gasteiger partial charge < -0.3 is 15.2 Å². The monoisotopic (exact) mass is 450 g/mol. The summed E-state index contributed by atoms with van der Waals surface area (Å²) in [5, 5.41) is 12.5. The minimum absolute atomic E-state index is 0.194. The van der Waals surface area contributed by atoms with Gasteiger partial charge in [0.05, 0.1) is 23.6 Å². The molecule has 31 heavy (non-hydrogen) atoms. The number of benzene rings is 2. The predicted octanol–water partition coefficient (Wildman–Crippen LogP) is 2.14. The van der Waals surface area contributed by atoms with Crippen molar-refractivity contribution in [2.75, 3.05) is 13.2 Å². The normalized spacial score (nSPS) is 21.6. The summed E-state index contributed by atoms with van der Waals surface area (Å²) in [5.74, 6) is -0.935. The number of sulfonamides is 1. The van der Waals surface area contributed by atoms with E-state index in [0.717, 1.165) is 11.6 Å². The maximum atomic E-state index is 13.3. The van der Waals surface area contributed by atoms with Gasteiger partial charge in [0.1, 0.15) is 11.9 Å².